The van der Waals surface area contributed by atoms with E-state index in [2.05, 4.69) is 28.8 Å². The Labute approximate surface area is 230 Å². The number of amides is 3. The lowest BCUT2D eigenvalue weighted by Gasteiger charge is -2.36. The SMILES string of the molecule is CN(C(=O)[C@@H]1C[C@@H](c2ccccc2)CN1)[C@@H](CC(C)(C)C)C(=O)N1C[C@]2(C[C@H]1C#N)C(=O)Nc1ccccc12. The van der Waals surface area contributed by atoms with Crippen molar-refractivity contribution in [3.8, 4) is 6.07 Å². The van der Waals surface area contributed by atoms with Crippen LogP contribution in [0.25, 0.3) is 0 Å². The molecule has 0 radical (unpaired) electrons. The topological polar surface area (TPSA) is 106 Å². The summed E-state index contributed by atoms with van der Waals surface area (Å²) >= 11 is 0. The lowest BCUT2D eigenvalue weighted by atomic mass is 9.80. The van der Waals surface area contributed by atoms with Gasteiger partial charge in [-0.15, -0.1) is 0 Å². The molecule has 3 heterocycles. The summed E-state index contributed by atoms with van der Waals surface area (Å²) < 4.78 is 0. The van der Waals surface area contributed by atoms with E-state index in [1.165, 1.54) is 10.5 Å². The quantitative estimate of drug-likeness (QED) is 0.620. The van der Waals surface area contributed by atoms with Gasteiger partial charge < -0.3 is 20.4 Å². The lowest BCUT2D eigenvalue weighted by Crippen LogP contribution is -2.55. The second kappa shape index (κ2) is 10.1. The molecular weight excluding hydrogens is 490 g/mol. The Morgan fingerprint density at radius 2 is 1.85 bits per heavy atom. The normalized spacial score (nSPS) is 26.7. The predicted molar refractivity (Wildman–Crippen MR) is 149 cm³/mol. The van der Waals surface area contributed by atoms with Crippen molar-refractivity contribution in [3.63, 3.8) is 0 Å². The third-order valence-electron chi connectivity index (χ3n) is 8.52. The highest BCUT2D eigenvalue weighted by atomic mass is 16.2. The highest BCUT2D eigenvalue weighted by Gasteiger charge is 2.57. The van der Waals surface area contributed by atoms with Crippen LogP contribution in [0.1, 0.15) is 57.1 Å². The minimum atomic E-state index is -0.961. The van der Waals surface area contributed by atoms with Gasteiger partial charge in [-0.05, 0) is 41.4 Å². The first-order chi connectivity index (χ1) is 18.5. The van der Waals surface area contributed by atoms with E-state index >= 15 is 0 Å². The molecule has 0 bridgehead atoms. The fourth-order valence-electron chi connectivity index (χ4n) is 6.45. The summed E-state index contributed by atoms with van der Waals surface area (Å²) in [6.07, 6.45) is 1.34. The van der Waals surface area contributed by atoms with E-state index in [-0.39, 0.29) is 48.1 Å². The van der Waals surface area contributed by atoms with Crippen LogP contribution in [-0.4, -0.2) is 65.8 Å². The second-order valence-corrected chi connectivity index (χ2v) is 12.4. The maximum absolute atomic E-state index is 14.2. The zero-order valence-corrected chi connectivity index (χ0v) is 23.1. The minimum Gasteiger partial charge on any atom is -0.332 e. The van der Waals surface area contributed by atoms with E-state index in [0.717, 1.165) is 11.3 Å². The van der Waals surface area contributed by atoms with Crippen LogP contribution in [0.3, 0.4) is 0 Å². The molecule has 2 saturated heterocycles. The molecule has 3 aliphatic heterocycles. The number of nitrogens with one attached hydrogen (secondary N) is 2. The van der Waals surface area contributed by atoms with Gasteiger partial charge in [0.2, 0.25) is 17.7 Å². The average molecular weight is 528 g/mol. The van der Waals surface area contributed by atoms with E-state index in [9.17, 15) is 19.6 Å². The number of benzene rings is 2. The van der Waals surface area contributed by atoms with E-state index in [1.54, 1.807) is 11.9 Å². The van der Waals surface area contributed by atoms with Crippen molar-refractivity contribution in [2.75, 3.05) is 25.5 Å². The number of carbonyl (C=O) groups excluding carboxylic acids is 3. The number of hydrogen-bond acceptors (Lipinski definition) is 5. The molecule has 8 heteroatoms. The van der Waals surface area contributed by atoms with Crippen LogP contribution in [-0.2, 0) is 19.8 Å². The maximum atomic E-state index is 14.2. The van der Waals surface area contributed by atoms with Gasteiger partial charge in [-0.3, -0.25) is 14.4 Å². The molecule has 2 N–H and O–H groups in total. The van der Waals surface area contributed by atoms with Crippen LogP contribution in [0.2, 0.25) is 0 Å². The smallest absolute Gasteiger partial charge is 0.246 e. The number of fused-ring (bicyclic) bond motifs is 2. The van der Waals surface area contributed by atoms with Gasteiger partial charge >= 0.3 is 0 Å². The highest BCUT2D eigenvalue weighted by Crippen LogP contribution is 2.46. The Kier molecular flexibility index (Phi) is 6.98. The van der Waals surface area contributed by atoms with Crippen molar-refractivity contribution in [2.45, 2.75) is 69.5 Å². The van der Waals surface area contributed by atoms with E-state index in [0.29, 0.717) is 19.4 Å². The molecule has 5 atom stereocenters. The number of likely N-dealkylation sites (tertiary alicyclic amines) is 1. The summed E-state index contributed by atoms with van der Waals surface area (Å²) in [7, 11) is 1.69. The molecule has 3 amide bonds. The first-order valence-corrected chi connectivity index (χ1v) is 13.7. The van der Waals surface area contributed by atoms with Gasteiger partial charge in [0.05, 0.1) is 17.5 Å². The molecule has 2 aromatic rings. The first kappa shape index (κ1) is 26.9. The maximum Gasteiger partial charge on any atom is 0.246 e. The number of nitriles is 1. The number of hydrogen-bond donors (Lipinski definition) is 2. The van der Waals surface area contributed by atoms with Crippen molar-refractivity contribution in [1.29, 1.82) is 5.26 Å². The van der Waals surface area contributed by atoms with Crippen LogP contribution in [0, 0.1) is 16.7 Å². The molecule has 0 saturated carbocycles. The third-order valence-corrected chi connectivity index (χ3v) is 8.52. The highest BCUT2D eigenvalue weighted by molar-refractivity contribution is 6.07. The van der Waals surface area contributed by atoms with E-state index < -0.39 is 17.5 Å². The van der Waals surface area contributed by atoms with Crippen LogP contribution in [0.4, 0.5) is 5.69 Å². The largest absolute Gasteiger partial charge is 0.332 e. The van der Waals surface area contributed by atoms with Gasteiger partial charge in [0.25, 0.3) is 0 Å². The molecular formula is C31H37N5O3. The molecule has 39 heavy (non-hydrogen) atoms. The number of rotatable bonds is 5. The molecule has 1 spiro atoms. The van der Waals surface area contributed by atoms with Crippen molar-refractivity contribution in [3.05, 3.63) is 65.7 Å². The molecule has 0 aromatic heterocycles. The Bertz CT molecular complexity index is 1310. The van der Waals surface area contributed by atoms with Crippen LogP contribution in [0.5, 0.6) is 0 Å². The second-order valence-electron chi connectivity index (χ2n) is 12.4. The molecule has 204 valence electrons. The summed E-state index contributed by atoms with van der Waals surface area (Å²) in [5.41, 5.74) is 1.54. The summed E-state index contributed by atoms with van der Waals surface area (Å²) in [6.45, 7) is 6.94. The van der Waals surface area contributed by atoms with Crippen molar-refractivity contribution in [1.82, 2.24) is 15.1 Å². The molecule has 0 aliphatic carbocycles. The van der Waals surface area contributed by atoms with Gasteiger partial charge in [0.1, 0.15) is 12.1 Å². The van der Waals surface area contributed by atoms with Gasteiger partial charge in [-0.25, -0.2) is 0 Å². The number of carbonyl (C=O) groups is 3. The van der Waals surface area contributed by atoms with Gasteiger partial charge in [0, 0.05) is 32.2 Å². The summed E-state index contributed by atoms with van der Waals surface area (Å²) in [4.78, 5) is 44.3. The number of nitrogens with zero attached hydrogens (tertiary/aromatic N) is 3. The van der Waals surface area contributed by atoms with Gasteiger partial charge in [0.15, 0.2) is 0 Å². The number of anilines is 1. The molecule has 3 aliphatic rings. The van der Waals surface area contributed by atoms with Gasteiger partial charge in [-0.1, -0.05) is 69.3 Å². The van der Waals surface area contributed by atoms with Crippen LogP contribution in [0.15, 0.2) is 54.6 Å². The first-order valence-electron chi connectivity index (χ1n) is 13.7. The molecule has 8 nitrogen and oxygen atoms in total. The molecule has 0 unspecified atom stereocenters. The Balaban J connectivity index is 1.39. The van der Waals surface area contributed by atoms with Crippen LogP contribution < -0.4 is 10.6 Å². The van der Waals surface area contributed by atoms with Crippen LogP contribution >= 0.6 is 0 Å². The lowest BCUT2D eigenvalue weighted by molar-refractivity contribution is -0.146. The number of likely N-dealkylation sites (N-methyl/N-ethyl adjacent to an activating group) is 1. The Hall–Kier alpha value is -3.70. The Morgan fingerprint density at radius 1 is 1.15 bits per heavy atom. The van der Waals surface area contributed by atoms with E-state index in [4.69, 9.17) is 0 Å². The van der Waals surface area contributed by atoms with Gasteiger partial charge in [-0.2, -0.15) is 5.26 Å². The van der Waals surface area contributed by atoms with Crippen molar-refractivity contribution >= 4 is 23.4 Å². The standard InChI is InChI=1S/C31H37N5O3/c1-30(2,3)16-26(35(4)27(37)25-14-21(18-33-25)20-10-6-5-7-11-20)28(38)36-19-31(15-22(36)17-32)23-12-8-9-13-24(23)34-29(31)39/h5-13,21-22,25-26,33H,14-16,18-19H2,1-4H3,(H,34,39)/t21-,22+,25+,26+,31+/m1/s1. The Morgan fingerprint density at radius 3 is 2.54 bits per heavy atom. The molecule has 5 rings (SSSR count). The summed E-state index contributed by atoms with van der Waals surface area (Å²) in [5.74, 6) is -0.354. The minimum absolute atomic E-state index is 0.118. The van der Waals surface area contributed by atoms with Crippen molar-refractivity contribution in [2.24, 2.45) is 5.41 Å². The summed E-state index contributed by atoms with van der Waals surface area (Å²) in [6, 6.07) is 18.0. The molecule has 2 fully saturated rings. The fraction of sp³-hybridized carbons (Fsp3) is 0.484. The van der Waals surface area contributed by atoms with E-state index in [1.807, 2.05) is 63.2 Å². The van der Waals surface area contributed by atoms with Crippen molar-refractivity contribution < 1.29 is 14.4 Å². The number of para-hydroxylation sites is 1. The monoisotopic (exact) mass is 527 g/mol. The predicted octanol–water partition coefficient (Wildman–Crippen LogP) is 3.41. The zero-order valence-electron chi connectivity index (χ0n) is 23.1. The summed E-state index contributed by atoms with van der Waals surface area (Å²) in [5, 5.41) is 16.4. The third kappa shape index (κ3) is 4.92. The zero-order chi connectivity index (χ0) is 27.9. The molecule has 2 aromatic carbocycles. The fourth-order valence-corrected chi connectivity index (χ4v) is 6.45. The average Bonchev–Trinajstić information content (AvgIpc) is 3.63.